The Hall–Kier alpha value is -1.35. The molecule has 1 aromatic carbocycles. The molecule has 0 spiro atoms. The summed E-state index contributed by atoms with van der Waals surface area (Å²) in [6.45, 7) is 4.71. The molecule has 17 heavy (non-hydrogen) atoms. The Bertz CT molecular complexity index is 376. The molecule has 0 saturated carbocycles. The summed E-state index contributed by atoms with van der Waals surface area (Å²) in [4.78, 5) is 13.6. The van der Waals surface area contributed by atoms with Crippen LogP contribution in [0.25, 0.3) is 0 Å². The summed E-state index contributed by atoms with van der Waals surface area (Å²) in [6.07, 6.45) is 1.27. The minimum absolute atomic E-state index is 0.0261. The van der Waals surface area contributed by atoms with Crippen molar-refractivity contribution in [1.29, 1.82) is 0 Å². The predicted octanol–water partition coefficient (Wildman–Crippen LogP) is 2.08. The van der Waals surface area contributed by atoms with Crippen molar-refractivity contribution in [2.24, 2.45) is 5.73 Å². The highest BCUT2D eigenvalue weighted by Crippen LogP contribution is 2.10. The second kappa shape index (κ2) is 6.40. The number of carbonyl (C=O) groups is 1. The molecular formula is C14H22N2O. The highest BCUT2D eigenvalue weighted by Gasteiger charge is 2.13. The number of carbonyl (C=O) groups excluding carboxylic acids is 1. The van der Waals surface area contributed by atoms with Crippen molar-refractivity contribution < 1.29 is 4.79 Å². The van der Waals surface area contributed by atoms with E-state index < -0.39 is 0 Å². The zero-order valence-corrected chi connectivity index (χ0v) is 10.9. The molecule has 1 aromatic rings. The van der Waals surface area contributed by atoms with Crippen LogP contribution in [-0.4, -0.2) is 23.9 Å². The third-order valence-corrected chi connectivity index (χ3v) is 3.06. The number of benzene rings is 1. The lowest BCUT2D eigenvalue weighted by molar-refractivity contribution is -0.130. The van der Waals surface area contributed by atoms with Crippen molar-refractivity contribution in [1.82, 2.24) is 4.90 Å². The van der Waals surface area contributed by atoms with Crippen LogP contribution in [0.4, 0.5) is 0 Å². The van der Waals surface area contributed by atoms with Gasteiger partial charge in [0, 0.05) is 26.1 Å². The summed E-state index contributed by atoms with van der Waals surface area (Å²) in [5, 5.41) is 0. The van der Waals surface area contributed by atoms with Gasteiger partial charge in [0.15, 0.2) is 0 Å². The van der Waals surface area contributed by atoms with Gasteiger partial charge in [-0.3, -0.25) is 4.79 Å². The van der Waals surface area contributed by atoms with E-state index in [4.69, 9.17) is 5.73 Å². The molecular weight excluding hydrogens is 212 g/mol. The summed E-state index contributed by atoms with van der Waals surface area (Å²) < 4.78 is 0. The number of nitrogens with zero attached hydrogens (tertiary/aromatic N) is 1. The van der Waals surface area contributed by atoms with Crippen LogP contribution in [0.3, 0.4) is 0 Å². The second-order valence-electron chi connectivity index (χ2n) is 4.55. The van der Waals surface area contributed by atoms with Gasteiger partial charge < -0.3 is 10.6 Å². The maximum absolute atomic E-state index is 11.9. The van der Waals surface area contributed by atoms with Crippen LogP contribution in [0.15, 0.2) is 24.3 Å². The van der Waals surface area contributed by atoms with Gasteiger partial charge in [-0.25, -0.2) is 0 Å². The van der Waals surface area contributed by atoms with E-state index in [1.165, 1.54) is 11.1 Å². The molecule has 0 heterocycles. The average Bonchev–Trinajstić information content (AvgIpc) is 2.31. The summed E-state index contributed by atoms with van der Waals surface area (Å²) >= 11 is 0. The topological polar surface area (TPSA) is 46.3 Å². The fraction of sp³-hybridized carbons (Fsp3) is 0.500. The standard InChI is InChI=1S/C14H22N2O/c1-4-13(15)9-14(17)16(3)10-12-8-6-5-7-11(12)2/h5-8,13H,4,9-10,15H2,1-3H3. The average molecular weight is 234 g/mol. The number of hydrogen-bond donors (Lipinski definition) is 1. The monoisotopic (exact) mass is 234 g/mol. The maximum atomic E-state index is 11.9. The van der Waals surface area contributed by atoms with Crippen molar-refractivity contribution in [3.8, 4) is 0 Å². The normalized spacial score (nSPS) is 12.2. The number of rotatable bonds is 5. The van der Waals surface area contributed by atoms with Crippen LogP contribution in [0.2, 0.25) is 0 Å². The van der Waals surface area contributed by atoms with Gasteiger partial charge in [0.05, 0.1) is 0 Å². The first kappa shape index (κ1) is 13.7. The lowest BCUT2D eigenvalue weighted by Crippen LogP contribution is -2.32. The molecule has 0 saturated heterocycles. The highest BCUT2D eigenvalue weighted by molar-refractivity contribution is 5.76. The van der Waals surface area contributed by atoms with Gasteiger partial charge in [-0.2, -0.15) is 0 Å². The van der Waals surface area contributed by atoms with Gasteiger partial charge in [-0.05, 0) is 24.5 Å². The quantitative estimate of drug-likeness (QED) is 0.848. The zero-order chi connectivity index (χ0) is 12.8. The molecule has 0 radical (unpaired) electrons. The summed E-state index contributed by atoms with van der Waals surface area (Å²) in [7, 11) is 1.83. The number of nitrogens with two attached hydrogens (primary N) is 1. The molecule has 0 aliphatic heterocycles. The van der Waals surface area contributed by atoms with Crippen LogP contribution in [-0.2, 0) is 11.3 Å². The van der Waals surface area contributed by atoms with Crippen molar-refractivity contribution in [3.05, 3.63) is 35.4 Å². The van der Waals surface area contributed by atoms with E-state index in [-0.39, 0.29) is 11.9 Å². The fourth-order valence-electron chi connectivity index (χ4n) is 1.66. The Labute approximate surface area is 104 Å². The van der Waals surface area contributed by atoms with Crippen molar-refractivity contribution >= 4 is 5.91 Å². The molecule has 1 rings (SSSR count). The SMILES string of the molecule is CCC(N)CC(=O)N(C)Cc1ccccc1C. The smallest absolute Gasteiger partial charge is 0.224 e. The molecule has 2 N–H and O–H groups in total. The lowest BCUT2D eigenvalue weighted by atomic mass is 10.1. The third-order valence-electron chi connectivity index (χ3n) is 3.06. The van der Waals surface area contributed by atoms with Crippen molar-refractivity contribution in [2.75, 3.05) is 7.05 Å². The van der Waals surface area contributed by atoms with Crippen molar-refractivity contribution in [2.45, 2.75) is 39.3 Å². The Morgan fingerprint density at radius 1 is 1.41 bits per heavy atom. The Morgan fingerprint density at radius 3 is 2.65 bits per heavy atom. The maximum Gasteiger partial charge on any atom is 0.224 e. The van der Waals surface area contributed by atoms with Crippen LogP contribution in [0, 0.1) is 6.92 Å². The summed E-state index contributed by atoms with van der Waals surface area (Å²) in [5.41, 5.74) is 8.19. The van der Waals surface area contributed by atoms with Gasteiger partial charge in [0.2, 0.25) is 5.91 Å². The van der Waals surface area contributed by atoms with Crippen molar-refractivity contribution in [3.63, 3.8) is 0 Å². The predicted molar refractivity (Wildman–Crippen MR) is 70.5 cm³/mol. The van der Waals surface area contributed by atoms with Crippen LogP contribution < -0.4 is 5.73 Å². The van der Waals surface area contributed by atoms with E-state index in [0.717, 1.165) is 6.42 Å². The molecule has 0 aliphatic rings. The van der Waals surface area contributed by atoms with E-state index in [9.17, 15) is 4.79 Å². The molecule has 3 nitrogen and oxygen atoms in total. The molecule has 0 bridgehead atoms. The molecule has 1 unspecified atom stereocenters. The zero-order valence-electron chi connectivity index (χ0n) is 10.9. The lowest BCUT2D eigenvalue weighted by Gasteiger charge is -2.20. The van der Waals surface area contributed by atoms with E-state index in [0.29, 0.717) is 13.0 Å². The molecule has 3 heteroatoms. The number of aryl methyl sites for hydroxylation is 1. The molecule has 0 fully saturated rings. The van der Waals surface area contributed by atoms with Crippen LogP contribution in [0.1, 0.15) is 30.9 Å². The van der Waals surface area contributed by atoms with Gasteiger partial charge in [-0.1, -0.05) is 31.2 Å². The Balaban J connectivity index is 2.57. The first-order chi connectivity index (χ1) is 8.04. The van der Waals surface area contributed by atoms with Crippen LogP contribution in [0.5, 0.6) is 0 Å². The number of hydrogen-bond acceptors (Lipinski definition) is 2. The van der Waals surface area contributed by atoms with Gasteiger partial charge in [0.25, 0.3) is 0 Å². The van der Waals surface area contributed by atoms with E-state index in [1.54, 1.807) is 4.90 Å². The summed E-state index contributed by atoms with van der Waals surface area (Å²) in [6, 6.07) is 8.10. The molecule has 0 aromatic heterocycles. The first-order valence-electron chi connectivity index (χ1n) is 6.08. The second-order valence-corrected chi connectivity index (χ2v) is 4.55. The van der Waals surface area contributed by atoms with Gasteiger partial charge in [0.1, 0.15) is 0 Å². The fourth-order valence-corrected chi connectivity index (χ4v) is 1.66. The Morgan fingerprint density at radius 2 is 2.06 bits per heavy atom. The minimum atomic E-state index is -0.0261. The Kier molecular flexibility index (Phi) is 5.16. The highest BCUT2D eigenvalue weighted by atomic mass is 16.2. The van der Waals surface area contributed by atoms with E-state index in [1.807, 2.05) is 26.1 Å². The molecule has 94 valence electrons. The molecule has 0 aliphatic carbocycles. The minimum Gasteiger partial charge on any atom is -0.341 e. The third kappa shape index (κ3) is 4.19. The largest absolute Gasteiger partial charge is 0.341 e. The van der Waals surface area contributed by atoms with Gasteiger partial charge in [-0.15, -0.1) is 0 Å². The summed E-state index contributed by atoms with van der Waals surface area (Å²) in [5.74, 6) is 0.114. The first-order valence-corrected chi connectivity index (χ1v) is 6.08. The van der Waals surface area contributed by atoms with E-state index in [2.05, 4.69) is 19.1 Å². The van der Waals surface area contributed by atoms with Crippen LogP contribution >= 0.6 is 0 Å². The van der Waals surface area contributed by atoms with E-state index >= 15 is 0 Å². The van der Waals surface area contributed by atoms with Gasteiger partial charge >= 0.3 is 0 Å². The number of amides is 1. The molecule has 1 atom stereocenters. The molecule has 1 amide bonds.